The molecule has 0 radical (unpaired) electrons. The molecule has 4 nitrogen and oxygen atoms in total. The lowest BCUT2D eigenvalue weighted by atomic mass is 10.1. The Bertz CT molecular complexity index is 819. The SMILES string of the molecule is CCN(c1cccc(C)c1C)S(=O)(=O)c1ccc(OC)c(Cl)c1. The average Bonchev–Trinajstić information content (AvgIpc) is 2.51. The number of halogens is 1. The molecule has 124 valence electrons. The summed E-state index contributed by atoms with van der Waals surface area (Å²) < 4.78 is 32.5. The Morgan fingerprint density at radius 1 is 1.17 bits per heavy atom. The van der Waals surface area contributed by atoms with Crippen LogP contribution in [0.1, 0.15) is 18.1 Å². The summed E-state index contributed by atoms with van der Waals surface area (Å²) in [5.41, 5.74) is 2.67. The van der Waals surface area contributed by atoms with Gasteiger partial charge < -0.3 is 4.74 Å². The molecule has 0 aliphatic heterocycles. The van der Waals surface area contributed by atoms with E-state index in [4.69, 9.17) is 16.3 Å². The molecule has 0 atom stereocenters. The first kappa shape index (κ1) is 17.6. The van der Waals surface area contributed by atoms with Crippen LogP contribution < -0.4 is 9.04 Å². The van der Waals surface area contributed by atoms with Crippen LogP contribution in [0.4, 0.5) is 5.69 Å². The molecule has 0 spiro atoms. The summed E-state index contributed by atoms with van der Waals surface area (Å²) in [6.07, 6.45) is 0. The summed E-state index contributed by atoms with van der Waals surface area (Å²) in [6, 6.07) is 10.1. The normalized spacial score (nSPS) is 11.3. The molecule has 0 N–H and O–H groups in total. The first-order valence-electron chi connectivity index (χ1n) is 7.25. The maximum atomic E-state index is 13.0. The second-order valence-electron chi connectivity index (χ2n) is 5.19. The molecule has 0 aromatic heterocycles. The largest absolute Gasteiger partial charge is 0.495 e. The molecule has 0 amide bonds. The summed E-state index contributed by atoms with van der Waals surface area (Å²) in [4.78, 5) is 0.144. The van der Waals surface area contributed by atoms with Gasteiger partial charge in [0, 0.05) is 6.54 Å². The lowest BCUT2D eigenvalue weighted by molar-refractivity contribution is 0.414. The molecule has 0 aliphatic rings. The summed E-state index contributed by atoms with van der Waals surface area (Å²) in [5.74, 6) is 0.445. The van der Waals surface area contributed by atoms with E-state index < -0.39 is 10.0 Å². The lowest BCUT2D eigenvalue weighted by Crippen LogP contribution is -2.31. The molecule has 2 aromatic rings. The van der Waals surface area contributed by atoms with Gasteiger partial charge in [-0.25, -0.2) is 8.42 Å². The quantitative estimate of drug-likeness (QED) is 0.810. The summed E-state index contributed by atoms with van der Waals surface area (Å²) in [6.45, 7) is 6.02. The second kappa shape index (κ2) is 6.81. The summed E-state index contributed by atoms with van der Waals surface area (Å²) in [7, 11) is -2.21. The molecular formula is C17H20ClNO3S. The number of nitrogens with zero attached hydrogens (tertiary/aromatic N) is 1. The number of ether oxygens (including phenoxy) is 1. The highest BCUT2D eigenvalue weighted by atomic mass is 35.5. The van der Waals surface area contributed by atoms with Gasteiger partial charge in [-0.3, -0.25) is 4.31 Å². The van der Waals surface area contributed by atoms with Gasteiger partial charge >= 0.3 is 0 Å². The average molecular weight is 354 g/mol. The highest BCUT2D eigenvalue weighted by Gasteiger charge is 2.25. The Balaban J connectivity index is 2.56. The van der Waals surface area contributed by atoms with Gasteiger partial charge in [-0.2, -0.15) is 0 Å². The number of hydrogen-bond donors (Lipinski definition) is 0. The zero-order valence-corrected chi connectivity index (χ0v) is 15.2. The third-order valence-electron chi connectivity index (χ3n) is 3.84. The van der Waals surface area contributed by atoms with Crippen molar-refractivity contribution < 1.29 is 13.2 Å². The molecule has 6 heteroatoms. The standard InChI is InChI=1S/C17H20ClNO3S/c1-5-19(16-8-6-7-12(2)13(16)3)23(20,21)14-9-10-17(22-4)15(18)11-14/h6-11H,5H2,1-4H3. The first-order valence-corrected chi connectivity index (χ1v) is 9.07. The Hall–Kier alpha value is -1.72. The van der Waals surface area contributed by atoms with E-state index >= 15 is 0 Å². The fraction of sp³-hybridized carbons (Fsp3) is 0.294. The van der Waals surface area contributed by atoms with E-state index in [1.807, 2.05) is 39.0 Å². The van der Waals surface area contributed by atoms with Crippen molar-refractivity contribution >= 4 is 27.3 Å². The first-order chi connectivity index (χ1) is 10.8. The van der Waals surface area contributed by atoms with Crippen LogP contribution in [0.25, 0.3) is 0 Å². The van der Waals surface area contributed by atoms with Crippen LogP contribution in [0, 0.1) is 13.8 Å². The van der Waals surface area contributed by atoms with E-state index in [9.17, 15) is 8.42 Å². The molecule has 0 aliphatic carbocycles. The zero-order chi connectivity index (χ0) is 17.2. The molecule has 0 heterocycles. The number of benzene rings is 2. The van der Waals surface area contributed by atoms with Crippen molar-refractivity contribution in [2.75, 3.05) is 18.0 Å². The van der Waals surface area contributed by atoms with E-state index in [-0.39, 0.29) is 9.92 Å². The van der Waals surface area contributed by atoms with Gasteiger partial charge in [0.2, 0.25) is 0 Å². The van der Waals surface area contributed by atoms with Gasteiger partial charge in [-0.1, -0.05) is 23.7 Å². The van der Waals surface area contributed by atoms with Gasteiger partial charge in [-0.15, -0.1) is 0 Å². The molecule has 0 unspecified atom stereocenters. The molecule has 0 saturated heterocycles. The lowest BCUT2D eigenvalue weighted by Gasteiger charge is -2.25. The number of hydrogen-bond acceptors (Lipinski definition) is 3. The number of sulfonamides is 1. The Morgan fingerprint density at radius 2 is 1.87 bits per heavy atom. The van der Waals surface area contributed by atoms with Crippen LogP contribution in [0.15, 0.2) is 41.3 Å². The smallest absolute Gasteiger partial charge is 0.264 e. The van der Waals surface area contributed by atoms with Gasteiger partial charge in [0.25, 0.3) is 10.0 Å². The maximum Gasteiger partial charge on any atom is 0.264 e. The third-order valence-corrected chi connectivity index (χ3v) is 6.02. The zero-order valence-electron chi connectivity index (χ0n) is 13.6. The molecule has 2 aromatic carbocycles. The molecule has 0 bridgehead atoms. The highest BCUT2D eigenvalue weighted by molar-refractivity contribution is 7.92. The number of aryl methyl sites for hydroxylation is 1. The van der Waals surface area contributed by atoms with E-state index in [2.05, 4.69) is 0 Å². The van der Waals surface area contributed by atoms with Crippen LogP contribution in [0.5, 0.6) is 5.75 Å². The fourth-order valence-electron chi connectivity index (χ4n) is 2.41. The van der Waals surface area contributed by atoms with Crippen molar-refractivity contribution in [3.05, 3.63) is 52.5 Å². The molecule has 0 saturated carbocycles. The fourth-order valence-corrected chi connectivity index (χ4v) is 4.29. The van der Waals surface area contributed by atoms with Crippen molar-refractivity contribution in [3.63, 3.8) is 0 Å². The topological polar surface area (TPSA) is 46.6 Å². The molecule has 2 rings (SSSR count). The molecular weight excluding hydrogens is 334 g/mol. The van der Waals surface area contributed by atoms with E-state index in [1.54, 1.807) is 6.07 Å². The van der Waals surface area contributed by atoms with Gasteiger partial charge in [0.1, 0.15) is 5.75 Å². The summed E-state index contributed by atoms with van der Waals surface area (Å²) in [5, 5.41) is 0.269. The van der Waals surface area contributed by atoms with Crippen LogP contribution in [-0.2, 0) is 10.0 Å². The predicted octanol–water partition coefficient (Wildman–Crippen LogP) is 4.18. The summed E-state index contributed by atoms with van der Waals surface area (Å²) >= 11 is 6.08. The van der Waals surface area contributed by atoms with Gasteiger partial charge in [-0.05, 0) is 56.2 Å². The predicted molar refractivity (Wildman–Crippen MR) is 94.1 cm³/mol. The van der Waals surface area contributed by atoms with Crippen LogP contribution >= 0.6 is 11.6 Å². The van der Waals surface area contributed by atoms with Crippen LogP contribution in [0.2, 0.25) is 5.02 Å². The van der Waals surface area contributed by atoms with E-state index in [0.29, 0.717) is 18.0 Å². The van der Waals surface area contributed by atoms with Gasteiger partial charge in [0.15, 0.2) is 0 Å². The van der Waals surface area contributed by atoms with Crippen LogP contribution in [-0.4, -0.2) is 22.1 Å². The monoisotopic (exact) mass is 353 g/mol. The van der Waals surface area contributed by atoms with E-state index in [0.717, 1.165) is 11.1 Å². The van der Waals surface area contributed by atoms with Gasteiger partial charge in [0.05, 0.1) is 22.7 Å². The Morgan fingerprint density at radius 3 is 2.43 bits per heavy atom. The maximum absolute atomic E-state index is 13.0. The Kier molecular flexibility index (Phi) is 5.22. The highest BCUT2D eigenvalue weighted by Crippen LogP contribution is 2.32. The molecule has 23 heavy (non-hydrogen) atoms. The number of methoxy groups -OCH3 is 1. The van der Waals surface area contributed by atoms with Crippen molar-refractivity contribution in [1.29, 1.82) is 0 Å². The van der Waals surface area contributed by atoms with E-state index in [1.165, 1.54) is 23.5 Å². The van der Waals surface area contributed by atoms with Crippen molar-refractivity contribution in [2.24, 2.45) is 0 Å². The van der Waals surface area contributed by atoms with Crippen molar-refractivity contribution in [3.8, 4) is 5.75 Å². The number of anilines is 1. The molecule has 0 fully saturated rings. The number of rotatable bonds is 5. The van der Waals surface area contributed by atoms with Crippen molar-refractivity contribution in [2.45, 2.75) is 25.7 Å². The minimum absolute atomic E-state index is 0.144. The van der Waals surface area contributed by atoms with Crippen molar-refractivity contribution in [1.82, 2.24) is 0 Å². The third kappa shape index (κ3) is 3.31. The van der Waals surface area contributed by atoms with Crippen LogP contribution in [0.3, 0.4) is 0 Å². The second-order valence-corrected chi connectivity index (χ2v) is 7.45. The Labute approximate surface area is 142 Å². The minimum atomic E-state index is -3.70. The minimum Gasteiger partial charge on any atom is -0.495 e.